The lowest BCUT2D eigenvalue weighted by molar-refractivity contribution is 0.295. The normalized spacial score (nSPS) is 13.6. The van der Waals surface area contributed by atoms with Crippen LogP contribution in [-0.4, -0.2) is 28.3 Å². The van der Waals surface area contributed by atoms with Gasteiger partial charge < -0.3 is 10.3 Å². The molecule has 0 spiro atoms. The largest absolute Gasteiger partial charge is 0.313 e. The molecule has 0 saturated heterocycles. The van der Waals surface area contributed by atoms with Gasteiger partial charge in [0.05, 0.1) is 0 Å². The fourth-order valence-electron chi connectivity index (χ4n) is 1.45. The van der Waals surface area contributed by atoms with Crippen LogP contribution in [0, 0.1) is 5.41 Å². The van der Waals surface area contributed by atoms with Gasteiger partial charge in [0.25, 0.3) is 5.56 Å². The van der Waals surface area contributed by atoms with Crippen LogP contribution in [0.4, 0.5) is 0 Å². The maximum atomic E-state index is 11.1. The molecule has 0 fully saturated rings. The molecule has 0 radical (unpaired) electrons. The van der Waals surface area contributed by atoms with Gasteiger partial charge in [0.15, 0.2) is 5.16 Å². The molecule has 5 heteroatoms. The Labute approximate surface area is 107 Å². The van der Waals surface area contributed by atoms with Crippen LogP contribution in [0.2, 0.25) is 0 Å². The van der Waals surface area contributed by atoms with E-state index in [4.69, 9.17) is 0 Å². The molecule has 0 aliphatic rings. The van der Waals surface area contributed by atoms with Gasteiger partial charge in [0.1, 0.15) is 0 Å². The molecule has 4 nitrogen and oxygen atoms in total. The van der Waals surface area contributed by atoms with Crippen molar-refractivity contribution in [3.05, 3.63) is 22.6 Å². The highest BCUT2D eigenvalue weighted by molar-refractivity contribution is 7.99. The third-order valence-corrected chi connectivity index (χ3v) is 3.51. The minimum absolute atomic E-state index is 0.0988. The Hall–Kier alpha value is -0.810. The molecule has 0 aliphatic heterocycles. The quantitative estimate of drug-likeness (QED) is 0.623. The number of nitrogens with one attached hydrogen (secondary N) is 2. The van der Waals surface area contributed by atoms with Crippen LogP contribution in [0.5, 0.6) is 0 Å². The lowest BCUT2D eigenvalue weighted by Gasteiger charge is -2.30. The highest BCUT2D eigenvalue weighted by atomic mass is 32.2. The van der Waals surface area contributed by atoms with Gasteiger partial charge in [-0.15, -0.1) is 0 Å². The molecule has 0 aliphatic carbocycles. The average molecular weight is 255 g/mol. The number of rotatable bonds is 5. The van der Waals surface area contributed by atoms with Gasteiger partial charge in [-0.1, -0.05) is 39.5 Å². The molecule has 1 unspecified atom stereocenters. The molecule has 1 aromatic heterocycles. The Bertz CT molecular complexity index is 397. The monoisotopic (exact) mass is 255 g/mol. The summed E-state index contributed by atoms with van der Waals surface area (Å²) in [6.45, 7) is 9.68. The maximum absolute atomic E-state index is 11.1. The van der Waals surface area contributed by atoms with Crippen LogP contribution < -0.4 is 10.9 Å². The minimum Gasteiger partial charge on any atom is -0.313 e. The number of hydrogen-bond donors (Lipinski definition) is 2. The van der Waals surface area contributed by atoms with Crippen molar-refractivity contribution >= 4 is 11.8 Å². The highest BCUT2D eigenvalue weighted by Gasteiger charge is 2.23. The summed E-state index contributed by atoms with van der Waals surface area (Å²) < 4.78 is 0. The van der Waals surface area contributed by atoms with Gasteiger partial charge in [-0.2, -0.15) is 0 Å². The first-order valence-electron chi connectivity index (χ1n) is 5.85. The molecule has 1 atom stereocenters. The van der Waals surface area contributed by atoms with E-state index in [2.05, 4.69) is 43.0 Å². The molecule has 1 aromatic rings. The van der Waals surface area contributed by atoms with Gasteiger partial charge in [0.2, 0.25) is 0 Å². The highest BCUT2D eigenvalue weighted by Crippen LogP contribution is 2.24. The minimum atomic E-state index is -0.0988. The fraction of sp³-hybridized carbons (Fsp3) is 0.667. The zero-order chi connectivity index (χ0) is 12.9. The predicted octanol–water partition coefficient (Wildman–Crippen LogP) is 1.89. The van der Waals surface area contributed by atoms with Crippen molar-refractivity contribution in [2.75, 3.05) is 12.3 Å². The summed E-state index contributed by atoms with van der Waals surface area (Å²) >= 11 is 1.58. The topological polar surface area (TPSA) is 57.8 Å². The molecule has 1 rings (SSSR count). The fourth-order valence-corrected chi connectivity index (χ4v) is 2.70. The van der Waals surface area contributed by atoms with E-state index in [0.717, 1.165) is 12.3 Å². The number of aromatic amines is 1. The molecule has 1 heterocycles. The molecule has 0 bridgehead atoms. The first-order valence-corrected chi connectivity index (χ1v) is 6.83. The van der Waals surface area contributed by atoms with Crippen molar-refractivity contribution in [2.45, 2.75) is 38.9 Å². The molecular formula is C12H21N3OS. The van der Waals surface area contributed by atoms with Gasteiger partial charge >= 0.3 is 0 Å². The van der Waals surface area contributed by atoms with Gasteiger partial charge in [-0.05, 0) is 12.0 Å². The number of nitrogens with zero attached hydrogens (tertiary/aromatic N) is 1. The summed E-state index contributed by atoms with van der Waals surface area (Å²) in [5.41, 5.74) is 0.0937. The van der Waals surface area contributed by atoms with E-state index in [-0.39, 0.29) is 11.0 Å². The van der Waals surface area contributed by atoms with Crippen LogP contribution in [-0.2, 0) is 0 Å². The van der Waals surface area contributed by atoms with Gasteiger partial charge in [-0.3, -0.25) is 4.79 Å². The first kappa shape index (κ1) is 14.3. The third kappa shape index (κ3) is 4.91. The lowest BCUT2D eigenvalue weighted by atomic mass is 9.88. The van der Waals surface area contributed by atoms with E-state index < -0.39 is 0 Å². The predicted molar refractivity (Wildman–Crippen MR) is 72.5 cm³/mol. The van der Waals surface area contributed by atoms with E-state index in [1.54, 1.807) is 18.0 Å². The number of aromatic nitrogens is 2. The van der Waals surface area contributed by atoms with E-state index in [1.165, 1.54) is 6.07 Å². The van der Waals surface area contributed by atoms with Gasteiger partial charge in [0, 0.05) is 24.1 Å². The van der Waals surface area contributed by atoms with E-state index in [9.17, 15) is 4.79 Å². The second kappa shape index (κ2) is 6.21. The van der Waals surface area contributed by atoms with Crippen molar-refractivity contribution in [3.63, 3.8) is 0 Å². The molecule has 17 heavy (non-hydrogen) atoms. The summed E-state index contributed by atoms with van der Waals surface area (Å²) in [6.07, 6.45) is 1.54. The van der Waals surface area contributed by atoms with E-state index in [1.807, 2.05) is 0 Å². The Morgan fingerprint density at radius 2 is 2.24 bits per heavy atom. The average Bonchev–Trinajstić information content (AvgIpc) is 2.22. The molecule has 0 amide bonds. The van der Waals surface area contributed by atoms with Crippen molar-refractivity contribution < 1.29 is 0 Å². The number of hydrogen-bond acceptors (Lipinski definition) is 4. The van der Waals surface area contributed by atoms with Crippen molar-refractivity contribution in [3.8, 4) is 0 Å². The van der Waals surface area contributed by atoms with Crippen LogP contribution in [0.25, 0.3) is 0 Å². The van der Waals surface area contributed by atoms with Crippen molar-refractivity contribution in [2.24, 2.45) is 5.41 Å². The second-order valence-electron chi connectivity index (χ2n) is 5.03. The number of thioether (sulfide) groups is 1. The molecular weight excluding hydrogens is 234 g/mol. The molecule has 0 aromatic carbocycles. The first-order chi connectivity index (χ1) is 7.93. The smallest absolute Gasteiger partial charge is 0.251 e. The van der Waals surface area contributed by atoms with Crippen LogP contribution in [0.3, 0.4) is 0 Å². The summed E-state index contributed by atoms with van der Waals surface area (Å²) in [4.78, 5) is 18.0. The van der Waals surface area contributed by atoms with Gasteiger partial charge in [-0.25, -0.2) is 4.98 Å². The van der Waals surface area contributed by atoms with Crippen molar-refractivity contribution in [1.82, 2.24) is 15.3 Å². The summed E-state index contributed by atoms with van der Waals surface area (Å²) in [7, 11) is 0. The number of H-pyrrole nitrogens is 1. The SMILES string of the molecule is CCNC(CSc1nccc(=O)[nH]1)C(C)(C)C. The Morgan fingerprint density at radius 1 is 1.53 bits per heavy atom. The molecule has 96 valence electrons. The van der Waals surface area contributed by atoms with E-state index >= 15 is 0 Å². The summed E-state index contributed by atoms with van der Waals surface area (Å²) in [6, 6.07) is 1.82. The maximum Gasteiger partial charge on any atom is 0.251 e. The molecule has 2 N–H and O–H groups in total. The Kier molecular flexibility index (Phi) is 5.21. The molecule has 0 saturated carbocycles. The Balaban J connectivity index is 2.61. The third-order valence-electron chi connectivity index (χ3n) is 2.53. The summed E-state index contributed by atoms with van der Waals surface area (Å²) in [5, 5.41) is 4.15. The lowest BCUT2D eigenvalue weighted by Crippen LogP contribution is -2.42. The van der Waals surface area contributed by atoms with Crippen LogP contribution in [0.1, 0.15) is 27.7 Å². The zero-order valence-electron chi connectivity index (χ0n) is 10.9. The van der Waals surface area contributed by atoms with E-state index in [0.29, 0.717) is 11.2 Å². The van der Waals surface area contributed by atoms with Crippen molar-refractivity contribution in [1.29, 1.82) is 0 Å². The standard InChI is InChI=1S/C12H21N3OS/c1-5-13-9(12(2,3)4)8-17-11-14-7-6-10(16)15-11/h6-7,9,13H,5,8H2,1-4H3,(H,14,15,16). The Morgan fingerprint density at radius 3 is 2.76 bits per heavy atom. The summed E-state index contributed by atoms with van der Waals surface area (Å²) in [5.74, 6) is 0.893. The zero-order valence-corrected chi connectivity index (χ0v) is 11.7. The van der Waals surface area contributed by atoms with Crippen LogP contribution in [0.15, 0.2) is 22.2 Å². The van der Waals surface area contributed by atoms with Crippen LogP contribution >= 0.6 is 11.8 Å². The second-order valence-corrected chi connectivity index (χ2v) is 6.04.